The van der Waals surface area contributed by atoms with Crippen LogP contribution in [0.25, 0.3) is 22.0 Å². The van der Waals surface area contributed by atoms with Crippen LogP contribution in [0.3, 0.4) is 0 Å². The zero-order valence-corrected chi connectivity index (χ0v) is 18.9. The predicted molar refractivity (Wildman–Crippen MR) is 113 cm³/mol. The molecule has 1 aliphatic rings. The van der Waals surface area contributed by atoms with Crippen molar-refractivity contribution in [3.8, 4) is 0 Å². The minimum absolute atomic E-state index is 0.621. The monoisotopic (exact) mass is 377 g/mol. The molecule has 3 nitrogen and oxygen atoms in total. The second kappa shape index (κ2) is 21.1. The second-order valence-electron chi connectivity index (χ2n) is 5.37. The third-order valence-corrected chi connectivity index (χ3v) is 3.31. The van der Waals surface area contributed by atoms with E-state index in [9.17, 15) is 0 Å². The van der Waals surface area contributed by atoms with E-state index in [0.717, 1.165) is 11.1 Å². The van der Waals surface area contributed by atoms with Gasteiger partial charge in [0.25, 0.3) is 0 Å². The van der Waals surface area contributed by atoms with Gasteiger partial charge in [-0.1, -0.05) is 24.3 Å². The van der Waals surface area contributed by atoms with Gasteiger partial charge in [-0.25, -0.2) is 0 Å². The molecule has 0 heterocycles. The van der Waals surface area contributed by atoms with Crippen LogP contribution < -0.4 is 0 Å². The molecule has 0 spiro atoms. The normalized spacial score (nSPS) is 12.5. The molecule has 0 fully saturated rings. The Bertz CT molecular complexity index is 465. The molecule has 0 bridgehead atoms. The first-order chi connectivity index (χ1) is 11.8. The number of benzene rings is 1. The number of hydrogen-bond acceptors (Lipinski definition) is 0. The molecule has 138 valence electrons. The Morgan fingerprint density at radius 2 is 1.20 bits per heavy atom. The molecule has 0 amide bonds. The molecule has 2 rings (SSSR count). The van der Waals surface area contributed by atoms with Crippen molar-refractivity contribution in [2.75, 3.05) is 42.3 Å². The van der Waals surface area contributed by atoms with E-state index in [4.69, 9.17) is 0 Å². The summed E-state index contributed by atoms with van der Waals surface area (Å²) in [5.41, 5.74) is 4.97. The Morgan fingerprint density at radius 3 is 1.52 bits per heavy atom. The maximum absolute atomic E-state index is 3.66. The SMILES string of the molecule is C=C(C)C(=C)C.C[N-]C.C[N-]C.C[N-]C.[Ti+3][CH]1C=Cc2ccccc21. The van der Waals surface area contributed by atoms with Gasteiger partial charge in [0.05, 0.1) is 0 Å². The van der Waals surface area contributed by atoms with Gasteiger partial charge in [-0.3, -0.25) is 0 Å². The first kappa shape index (κ1) is 28.8. The van der Waals surface area contributed by atoms with Crippen LogP contribution in [0, 0.1) is 0 Å². The van der Waals surface area contributed by atoms with E-state index < -0.39 is 0 Å². The van der Waals surface area contributed by atoms with Crippen LogP contribution in [-0.2, 0) is 20.4 Å². The first-order valence-corrected chi connectivity index (χ1v) is 8.90. The number of hydrogen-bond donors (Lipinski definition) is 0. The Labute approximate surface area is 168 Å². The Morgan fingerprint density at radius 1 is 0.840 bits per heavy atom. The summed E-state index contributed by atoms with van der Waals surface area (Å²) in [7, 11) is 10.5. The van der Waals surface area contributed by atoms with E-state index in [1.165, 1.54) is 11.1 Å². The molecule has 0 radical (unpaired) electrons. The van der Waals surface area contributed by atoms with Crippen LogP contribution in [0.15, 0.2) is 54.6 Å². The summed E-state index contributed by atoms with van der Waals surface area (Å²) < 4.78 is 0.621. The summed E-state index contributed by atoms with van der Waals surface area (Å²) in [4.78, 5) is 0. The van der Waals surface area contributed by atoms with Gasteiger partial charge < -0.3 is 16.0 Å². The average Bonchev–Trinajstić information content (AvgIpc) is 2.92. The van der Waals surface area contributed by atoms with Gasteiger partial charge in [0.1, 0.15) is 0 Å². The minimum atomic E-state index is 0.621. The van der Waals surface area contributed by atoms with Crippen LogP contribution in [0.2, 0.25) is 0 Å². The fourth-order valence-corrected chi connectivity index (χ4v) is 1.81. The number of fused-ring (bicyclic) bond motifs is 1. The van der Waals surface area contributed by atoms with Crippen molar-refractivity contribution in [1.82, 2.24) is 0 Å². The summed E-state index contributed by atoms with van der Waals surface area (Å²) in [5.74, 6) is 0. The van der Waals surface area contributed by atoms with E-state index in [-0.39, 0.29) is 0 Å². The summed E-state index contributed by atoms with van der Waals surface area (Å²) in [6.07, 6.45) is 4.44. The molecule has 0 aromatic heterocycles. The molecule has 0 saturated heterocycles. The van der Waals surface area contributed by atoms with Gasteiger partial charge in [0.2, 0.25) is 0 Å². The van der Waals surface area contributed by atoms with Crippen molar-refractivity contribution in [2.24, 2.45) is 0 Å². The van der Waals surface area contributed by atoms with Crippen LogP contribution in [0.5, 0.6) is 0 Å². The van der Waals surface area contributed by atoms with Crippen LogP contribution >= 0.6 is 0 Å². The van der Waals surface area contributed by atoms with E-state index >= 15 is 0 Å². The standard InChI is InChI=1S/C9H7.C6H10.3C2H6N.Ti/c1-2-5-9-7-3-6-8(9)4-1;1-5(2)6(3)4;3*1-3-2;/h1-7H;1,3H2,2,4H3;3*1-2H3;/q;;3*-1;+3. The third-order valence-electron chi connectivity index (χ3n) is 2.53. The fraction of sp³-hybridized carbons (Fsp3) is 0.429. The molecule has 0 N–H and O–H groups in total. The van der Waals surface area contributed by atoms with Crippen molar-refractivity contribution in [3.63, 3.8) is 0 Å². The van der Waals surface area contributed by atoms with Crippen molar-refractivity contribution < 1.29 is 20.4 Å². The summed E-state index contributed by atoms with van der Waals surface area (Å²) >= 11 is 2.22. The molecule has 1 unspecified atom stereocenters. The molecule has 1 aliphatic carbocycles. The number of rotatable bonds is 1. The Balaban J connectivity index is -0.000000279. The predicted octanol–water partition coefficient (Wildman–Crippen LogP) is 6.30. The van der Waals surface area contributed by atoms with Crippen molar-refractivity contribution >= 4 is 6.08 Å². The maximum atomic E-state index is 3.66. The van der Waals surface area contributed by atoms with Crippen molar-refractivity contribution in [1.29, 1.82) is 0 Å². The zero-order chi connectivity index (χ0) is 20.3. The second-order valence-corrected chi connectivity index (χ2v) is 6.34. The molecule has 0 saturated carbocycles. The van der Waals surface area contributed by atoms with Gasteiger partial charge in [-0.15, -0.1) is 0 Å². The van der Waals surface area contributed by atoms with Gasteiger partial charge in [-0.05, 0) is 13.8 Å². The molecular formula is C21H35N3Ti. The van der Waals surface area contributed by atoms with E-state index in [2.05, 4.69) is 86.0 Å². The number of allylic oxidation sites excluding steroid dienone is 3. The first-order valence-electron chi connectivity index (χ1n) is 8.00. The summed E-state index contributed by atoms with van der Waals surface area (Å²) in [5, 5.41) is 10.5. The Hall–Kier alpha value is -0.966. The molecule has 1 atom stereocenters. The summed E-state index contributed by atoms with van der Waals surface area (Å²) in [6, 6.07) is 8.54. The quantitative estimate of drug-likeness (QED) is 0.407. The molecule has 0 aliphatic heterocycles. The third kappa shape index (κ3) is 19.2. The number of nitrogens with zero attached hydrogens (tertiary/aromatic N) is 3. The zero-order valence-electron chi connectivity index (χ0n) is 17.3. The van der Waals surface area contributed by atoms with Crippen LogP contribution in [-0.4, -0.2) is 42.3 Å². The van der Waals surface area contributed by atoms with Gasteiger partial charge >= 0.3 is 72.2 Å². The molecule has 25 heavy (non-hydrogen) atoms. The molecule has 1 aromatic rings. The fourth-order valence-electron chi connectivity index (χ4n) is 1.25. The van der Waals surface area contributed by atoms with Crippen LogP contribution in [0.4, 0.5) is 0 Å². The van der Waals surface area contributed by atoms with E-state index in [0.29, 0.717) is 4.22 Å². The van der Waals surface area contributed by atoms with Crippen molar-refractivity contribution in [2.45, 2.75) is 18.1 Å². The molecular weight excluding hydrogens is 342 g/mol. The van der Waals surface area contributed by atoms with Gasteiger partial charge in [0, 0.05) is 0 Å². The van der Waals surface area contributed by atoms with Crippen LogP contribution in [0.1, 0.15) is 29.2 Å². The topological polar surface area (TPSA) is 42.3 Å². The average molecular weight is 377 g/mol. The van der Waals surface area contributed by atoms with Crippen molar-refractivity contribution in [3.05, 3.63) is 81.7 Å². The van der Waals surface area contributed by atoms with E-state index in [1.54, 1.807) is 42.3 Å². The summed E-state index contributed by atoms with van der Waals surface area (Å²) in [6.45, 7) is 11.2. The molecule has 4 heteroatoms. The van der Waals surface area contributed by atoms with Gasteiger partial charge in [0.15, 0.2) is 0 Å². The van der Waals surface area contributed by atoms with Gasteiger partial charge in [-0.2, -0.15) is 42.3 Å². The Kier molecular flexibility index (Phi) is 24.3. The molecule has 1 aromatic carbocycles. The van der Waals surface area contributed by atoms with E-state index in [1.807, 2.05) is 13.8 Å².